The Morgan fingerprint density at radius 1 is 1.26 bits per heavy atom. The van der Waals surface area contributed by atoms with Crippen molar-refractivity contribution in [2.75, 3.05) is 27.2 Å². The van der Waals surface area contributed by atoms with Gasteiger partial charge in [0.15, 0.2) is 5.96 Å². The van der Waals surface area contributed by atoms with Crippen molar-refractivity contribution >= 4 is 5.96 Å². The average Bonchev–Trinajstić information content (AvgIpc) is 3.08. The lowest BCUT2D eigenvalue weighted by Crippen LogP contribution is -2.38. The van der Waals surface area contributed by atoms with Crippen LogP contribution in [0.5, 0.6) is 5.75 Å². The largest absolute Gasteiger partial charge is 0.496 e. The molecular formula is C18H25N3O2. The van der Waals surface area contributed by atoms with Gasteiger partial charge in [0.25, 0.3) is 0 Å². The number of nitrogens with zero attached hydrogens (tertiary/aromatic N) is 2. The molecule has 0 aliphatic rings. The minimum absolute atomic E-state index is 0.687. The van der Waals surface area contributed by atoms with Crippen LogP contribution < -0.4 is 10.1 Å². The Bertz CT molecular complexity index is 608. The molecule has 124 valence electrons. The van der Waals surface area contributed by atoms with Crippen molar-refractivity contribution < 1.29 is 9.15 Å². The van der Waals surface area contributed by atoms with Gasteiger partial charge >= 0.3 is 0 Å². The number of ether oxygens (including phenoxy) is 1. The fourth-order valence-electron chi connectivity index (χ4n) is 2.36. The fraction of sp³-hybridized carbons (Fsp3) is 0.389. The fourth-order valence-corrected chi connectivity index (χ4v) is 2.36. The first-order chi connectivity index (χ1) is 11.2. The number of aliphatic imine (C=N–C) groups is 1. The highest BCUT2D eigenvalue weighted by Crippen LogP contribution is 2.18. The van der Waals surface area contributed by atoms with E-state index >= 15 is 0 Å². The first-order valence-corrected chi connectivity index (χ1v) is 7.88. The SMILES string of the molecule is CCNC(=NCCc1ccco1)N(C)Cc1ccccc1OC. The summed E-state index contributed by atoms with van der Waals surface area (Å²) in [5.74, 6) is 2.73. The van der Waals surface area contributed by atoms with Crippen molar-refractivity contribution in [1.82, 2.24) is 10.2 Å². The number of para-hydroxylation sites is 1. The maximum Gasteiger partial charge on any atom is 0.193 e. The first kappa shape index (κ1) is 16.9. The lowest BCUT2D eigenvalue weighted by atomic mass is 10.2. The van der Waals surface area contributed by atoms with E-state index in [4.69, 9.17) is 9.15 Å². The molecule has 0 spiro atoms. The second kappa shape index (κ2) is 8.88. The van der Waals surface area contributed by atoms with E-state index in [0.29, 0.717) is 6.54 Å². The molecule has 0 aliphatic carbocycles. The van der Waals surface area contributed by atoms with Gasteiger partial charge in [-0.25, -0.2) is 0 Å². The van der Waals surface area contributed by atoms with Gasteiger partial charge in [0.05, 0.1) is 13.4 Å². The number of hydrogen-bond donors (Lipinski definition) is 1. The van der Waals surface area contributed by atoms with Crippen LogP contribution in [0.1, 0.15) is 18.2 Å². The molecule has 5 nitrogen and oxygen atoms in total. The van der Waals surface area contributed by atoms with E-state index in [0.717, 1.165) is 42.5 Å². The van der Waals surface area contributed by atoms with Crippen LogP contribution in [0.25, 0.3) is 0 Å². The molecule has 0 fully saturated rings. The Morgan fingerprint density at radius 3 is 2.78 bits per heavy atom. The van der Waals surface area contributed by atoms with Gasteiger partial charge < -0.3 is 19.4 Å². The second-order valence-electron chi connectivity index (χ2n) is 5.23. The van der Waals surface area contributed by atoms with Gasteiger partial charge in [-0.2, -0.15) is 0 Å². The Morgan fingerprint density at radius 2 is 2.09 bits per heavy atom. The number of benzene rings is 1. The van der Waals surface area contributed by atoms with E-state index in [1.807, 2.05) is 37.4 Å². The normalized spacial score (nSPS) is 11.3. The van der Waals surface area contributed by atoms with Crippen LogP contribution in [0.15, 0.2) is 52.1 Å². The number of guanidine groups is 1. The Labute approximate surface area is 138 Å². The summed E-state index contributed by atoms with van der Waals surface area (Å²) in [6.07, 6.45) is 2.49. The van der Waals surface area contributed by atoms with Crippen LogP contribution in [-0.2, 0) is 13.0 Å². The van der Waals surface area contributed by atoms with Crippen LogP contribution in [0, 0.1) is 0 Å². The molecule has 0 bridgehead atoms. The number of hydrogen-bond acceptors (Lipinski definition) is 3. The second-order valence-corrected chi connectivity index (χ2v) is 5.23. The third kappa shape index (κ3) is 5.06. The molecule has 0 unspecified atom stereocenters. The van der Waals surface area contributed by atoms with E-state index in [2.05, 4.69) is 28.2 Å². The lowest BCUT2D eigenvalue weighted by Gasteiger charge is -2.23. The van der Waals surface area contributed by atoms with E-state index in [1.54, 1.807) is 13.4 Å². The summed E-state index contributed by atoms with van der Waals surface area (Å²) in [7, 11) is 3.72. The maximum atomic E-state index is 5.42. The molecule has 0 radical (unpaired) electrons. The predicted molar refractivity (Wildman–Crippen MR) is 92.9 cm³/mol. The highest BCUT2D eigenvalue weighted by Gasteiger charge is 2.09. The molecule has 0 atom stereocenters. The summed E-state index contributed by atoms with van der Waals surface area (Å²) in [6, 6.07) is 11.9. The Kier molecular flexibility index (Phi) is 6.54. The van der Waals surface area contributed by atoms with Gasteiger partial charge in [-0.3, -0.25) is 4.99 Å². The van der Waals surface area contributed by atoms with Crippen molar-refractivity contribution in [2.24, 2.45) is 4.99 Å². The summed E-state index contributed by atoms with van der Waals surface area (Å²) in [4.78, 5) is 6.77. The Hall–Kier alpha value is -2.43. The third-order valence-corrected chi connectivity index (χ3v) is 3.50. The monoisotopic (exact) mass is 315 g/mol. The van der Waals surface area contributed by atoms with Gasteiger partial charge in [0, 0.05) is 38.7 Å². The zero-order valence-corrected chi connectivity index (χ0v) is 14.1. The molecule has 0 aliphatic heterocycles. The summed E-state index contributed by atoms with van der Waals surface area (Å²) >= 11 is 0. The van der Waals surface area contributed by atoms with E-state index in [9.17, 15) is 0 Å². The summed E-state index contributed by atoms with van der Waals surface area (Å²) < 4.78 is 10.8. The van der Waals surface area contributed by atoms with Crippen LogP contribution in [0.2, 0.25) is 0 Å². The third-order valence-electron chi connectivity index (χ3n) is 3.50. The van der Waals surface area contributed by atoms with Gasteiger partial charge in [0.1, 0.15) is 11.5 Å². The van der Waals surface area contributed by atoms with Gasteiger partial charge in [-0.15, -0.1) is 0 Å². The number of rotatable bonds is 7. The molecule has 0 saturated carbocycles. The molecular weight excluding hydrogens is 290 g/mol. The quantitative estimate of drug-likeness (QED) is 0.630. The zero-order valence-electron chi connectivity index (χ0n) is 14.1. The van der Waals surface area contributed by atoms with Crippen molar-refractivity contribution in [3.8, 4) is 5.75 Å². The van der Waals surface area contributed by atoms with Crippen molar-refractivity contribution in [2.45, 2.75) is 19.9 Å². The topological polar surface area (TPSA) is 50.0 Å². The van der Waals surface area contributed by atoms with Crippen LogP contribution in [-0.4, -0.2) is 38.1 Å². The summed E-state index contributed by atoms with van der Waals surface area (Å²) in [5.41, 5.74) is 1.13. The molecule has 23 heavy (non-hydrogen) atoms. The molecule has 2 aromatic rings. The maximum absolute atomic E-state index is 5.42. The predicted octanol–water partition coefficient (Wildman–Crippen LogP) is 2.93. The summed E-state index contributed by atoms with van der Waals surface area (Å²) in [6.45, 7) is 4.32. The van der Waals surface area contributed by atoms with Crippen molar-refractivity contribution in [1.29, 1.82) is 0 Å². The van der Waals surface area contributed by atoms with Gasteiger partial charge in [0.2, 0.25) is 0 Å². The first-order valence-electron chi connectivity index (χ1n) is 7.88. The molecule has 0 amide bonds. The smallest absolute Gasteiger partial charge is 0.193 e. The minimum atomic E-state index is 0.687. The van der Waals surface area contributed by atoms with Crippen LogP contribution in [0.4, 0.5) is 0 Å². The molecule has 1 aromatic carbocycles. The highest BCUT2D eigenvalue weighted by molar-refractivity contribution is 5.79. The lowest BCUT2D eigenvalue weighted by molar-refractivity contribution is 0.396. The number of methoxy groups -OCH3 is 1. The molecule has 1 N–H and O–H groups in total. The van der Waals surface area contributed by atoms with Gasteiger partial charge in [-0.05, 0) is 25.1 Å². The van der Waals surface area contributed by atoms with E-state index < -0.39 is 0 Å². The van der Waals surface area contributed by atoms with E-state index in [-0.39, 0.29) is 0 Å². The molecule has 1 heterocycles. The average molecular weight is 315 g/mol. The molecule has 5 heteroatoms. The molecule has 1 aromatic heterocycles. The molecule has 2 rings (SSSR count). The van der Waals surface area contributed by atoms with Crippen molar-refractivity contribution in [3.05, 3.63) is 54.0 Å². The summed E-state index contributed by atoms with van der Waals surface area (Å²) in [5, 5.41) is 3.32. The number of nitrogens with one attached hydrogen (secondary N) is 1. The van der Waals surface area contributed by atoms with Crippen molar-refractivity contribution in [3.63, 3.8) is 0 Å². The standard InChI is InChI=1S/C18H25N3O2/c1-4-19-18(20-12-11-16-9-7-13-23-16)21(2)14-15-8-5-6-10-17(15)22-3/h5-10,13H,4,11-12,14H2,1-3H3,(H,19,20). The van der Waals surface area contributed by atoms with Crippen LogP contribution >= 0.6 is 0 Å². The van der Waals surface area contributed by atoms with Gasteiger partial charge in [-0.1, -0.05) is 18.2 Å². The minimum Gasteiger partial charge on any atom is -0.496 e. The number of furan rings is 1. The zero-order chi connectivity index (χ0) is 16.5. The van der Waals surface area contributed by atoms with E-state index in [1.165, 1.54) is 0 Å². The highest BCUT2D eigenvalue weighted by atomic mass is 16.5. The Balaban J connectivity index is 2.00. The molecule has 0 saturated heterocycles. The van der Waals surface area contributed by atoms with Crippen LogP contribution in [0.3, 0.4) is 0 Å².